The number of aromatic nitrogens is 6. The lowest BCUT2D eigenvalue weighted by Crippen LogP contribution is -2.51. The van der Waals surface area contributed by atoms with Crippen molar-refractivity contribution in [1.82, 2.24) is 29.5 Å². The van der Waals surface area contributed by atoms with Crippen LogP contribution in [0.5, 0.6) is 0 Å². The van der Waals surface area contributed by atoms with Crippen molar-refractivity contribution in [3.8, 4) is 0 Å². The Balaban J connectivity index is 1.65. The van der Waals surface area contributed by atoms with Crippen LogP contribution in [0, 0.1) is 0 Å². The average Bonchev–Trinajstić information content (AvgIpc) is 3.20. The first-order valence-corrected chi connectivity index (χ1v) is 8.76. The number of carbonyl (C=O) groups excluding carboxylic acids is 1. The van der Waals surface area contributed by atoms with Gasteiger partial charge in [0.15, 0.2) is 5.65 Å². The molecule has 1 aliphatic heterocycles. The van der Waals surface area contributed by atoms with Gasteiger partial charge in [-0.1, -0.05) is 0 Å². The van der Waals surface area contributed by atoms with Gasteiger partial charge >= 0.3 is 0 Å². The highest BCUT2D eigenvalue weighted by molar-refractivity contribution is 5.97. The molecule has 142 valence electrons. The Hall–Kier alpha value is -3.17. The van der Waals surface area contributed by atoms with Crippen LogP contribution >= 0.6 is 0 Å². The molecule has 3 aromatic heterocycles. The van der Waals surface area contributed by atoms with Crippen LogP contribution in [0.1, 0.15) is 20.8 Å². The summed E-state index contributed by atoms with van der Waals surface area (Å²) in [5.41, 5.74) is 0.718. The van der Waals surface area contributed by atoms with Crippen molar-refractivity contribution in [3.63, 3.8) is 0 Å². The molecule has 0 aromatic carbocycles. The summed E-state index contributed by atoms with van der Waals surface area (Å²) in [5, 5.41) is 8.87. The van der Waals surface area contributed by atoms with Gasteiger partial charge in [0.05, 0.1) is 23.6 Å². The van der Waals surface area contributed by atoms with Crippen LogP contribution in [0.15, 0.2) is 23.4 Å². The van der Waals surface area contributed by atoms with Gasteiger partial charge in [-0.3, -0.25) is 19.3 Å². The summed E-state index contributed by atoms with van der Waals surface area (Å²) in [6.07, 6.45) is 5.00. The van der Waals surface area contributed by atoms with Crippen LogP contribution in [0.4, 0.5) is 11.6 Å². The maximum Gasteiger partial charge on any atom is 0.263 e. The van der Waals surface area contributed by atoms with Crippen LogP contribution in [0.2, 0.25) is 0 Å². The fourth-order valence-corrected chi connectivity index (χ4v) is 3.22. The number of H-pyrrole nitrogens is 1. The van der Waals surface area contributed by atoms with Gasteiger partial charge in [-0.2, -0.15) is 15.2 Å². The predicted molar refractivity (Wildman–Crippen MR) is 101 cm³/mol. The van der Waals surface area contributed by atoms with Crippen LogP contribution in [0.3, 0.4) is 0 Å². The lowest BCUT2D eigenvalue weighted by atomic mass is 10.1. The summed E-state index contributed by atoms with van der Waals surface area (Å²) in [7, 11) is 1.81. The first kappa shape index (κ1) is 17.3. The number of rotatable bonds is 2. The third-order valence-electron chi connectivity index (χ3n) is 4.58. The number of aromatic amines is 1. The Kier molecular flexibility index (Phi) is 3.79. The number of amides is 1. The number of hydrogen-bond donors (Lipinski definition) is 1. The minimum absolute atomic E-state index is 0.0682. The van der Waals surface area contributed by atoms with Gasteiger partial charge < -0.3 is 9.80 Å². The highest BCUT2D eigenvalue weighted by Crippen LogP contribution is 2.21. The van der Waals surface area contributed by atoms with Crippen molar-refractivity contribution in [3.05, 3.63) is 28.9 Å². The molecule has 4 heterocycles. The second-order valence-electron chi connectivity index (χ2n) is 7.69. The Labute approximate surface area is 155 Å². The van der Waals surface area contributed by atoms with E-state index < -0.39 is 0 Å². The molecule has 10 nitrogen and oxygen atoms in total. The SMILES string of the molecule is Cn1cc(N2CCN(c3nc4c(cnn4C(C)(C)C)c(=O)[nH]3)CC2=O)cn1. The zero-order valence-corrected chi connectivity index (χ0v) is 15.8. The highest BCUT2D eigenvalue weighted by Gasteiger charge is 2.28. The molecule has 0 bridgehead atoms. The van der Waals surface area contributed by atoms with Crippen molar-refractivity contribution >= 4 is 28.6 Å². The number of aryl methyl sites for hydroxylation is 1. The molecular formula is C17H22N8O2. The molecule has 1 N–H and O–H groups in total. The maximum absolute atomic E-state index is 12.6. The minimum atomic E-state index is -0.311. The Bertz CT molecular complexity index is 1070. The van der Waals surface area contributed by atoms with E-state index in [4.69, 9.17) is 0 Å². The van der Waals surface area contributed by atoms with Gasteiger partial charge in [-0.25, -0.2) is 4.68 Å². The maximum atomic E-state index is 12.6. The third-order valence-corrected chi connectivity index (χ3v) is 4.58. The van der Waals surface area contributed by atoms with Gasteiger partial charge in [0.25, 0.3) is 5.56 Å². The van der Waals surface area contributed by atoms with Crippen LogP contribution in [-0.4, -0.2) is 55.1 Å². The van der Waals surface area contributed by atoms with Crippen molar-refractivity contribution in [2.75, 3.05) is 29.4 Å². The fraction of sp³-hybridized carbons (Fsp3) is 0.471. The number of piperazine rings is 1. The standard InChI is InChI=1S/C17H22N8O2/c1-17(2,3)25-14-12(8-19-25)15(27)21-16(20-14)23-5-6-24(13(26)10-23)11-7-18-22(4)9-11/h7-9H,5-6,10H2,1-4H3,(H,20,21,27). The average molecular weight is 370 g/mol. The van der Waals surface area contributed by atoms with E-state index in [1.807, 2.05) is 34.0 Å². The van der Waals surface area contributed by atoms with E-state index in [-0.39, 0.29) is 23.6 Å². The molecule has 3 aromatic rings. The van der Waals surface area contributed by atoms with E-state index in [9.17, 15) is 9.59 Å². The summed E-state index contributed by atoms with van der Waals surface area (Å²) in [6.45, 7) is 7.17. The highest BCUT2D eigenvalue weighted by atomic mass is 16.2. The number of fused-ring (bicyclic) bond motifs is 1. The summed E-state index contributed by atoms with van der Waals surface area (Å²) < 4.78 is 3.39. The molecule has 0 spiro atoms. The van der Waals surface area contributed by atoms with Gasteiger partial charge in [0, 0.05) is 26.3 Å². The van der Waals surface area contributed by atoms with E-state index in [0.717, 1.165) is 5.69 Å². The van der Waals surface area contributed by atoms with Crippen molar-refractivity contribution in [1.29, 1.82) is 0 Å². The molecule has 0 atom stereocenters. The van der Waals surface area contributed by atoms with E-state index in [1.54, 1.807) is 25.4 Å². The molecule has 10 heteroatoms. The second kappa shape index (κ2) is 5.93. The molecule has 1 fully saturated rings. The van der Waals surface area contributed by atoms with Gasteiger partial charge in [-0.15, -0.1) is 0 Å². The first-order valence-electron chi connectivity index (χ1n) is 8.76. The van der Waals surface area contributed by atoms with Gasteiger partial charge in [0.2, 0.25) is 11.9 Å². The summed E-state index contributed by atoms with van der Waals surface area (Å²) in [5.74, 6) is 0.319. The normalized spacial score (nSPS) is 15.8. The van der Waals surface area contributed by atoms with Gasteiger partial charge in [-0.05, 0) is 20.8 Å². The summed E-state index contributed by atoms with van der Waals surface area (Å²) >= 11 is 0. The van der Waals surface area contributed by atoms with E-state index >= 15 is 0 Å². The quantitative estimate of drug-likeness (QED) is 0.703. The lowest BCUT2D eigenvalue weighted by Gasteiger charge is -2.33. The molecule has 1 saturated heterocycles. The zero-order valence-electron chi connectivity index (χ0n) is 15.8. The predicted octanol–water partition coefficient (Wildman–Crippen LogP) is 0.461. The molecular weight excluding hydrogens is 348 g/mol. The van der Waals surface area contributed by atoms with E-state index in [2.05, 4.69) is 20.2 Å². The topological polar surface area (TPSA) is 105 Å². The molecule has 0 aliphatic carbocycles. The number of carbonyl (C=O) groups is 1. The smallest absolute Gasteiger partial charge is 0.263 e. The molecule has 0 unspecified atom stereocenters. The molecule has 4 rings (SSSR count). The van der Waals surface area contributed by atoms with Crippen LogP contribution in [-0.2, 0) is 17.4 Å². The third kappa shape index (κ3) is 2.96. The molecule has 0 saturated carbocycles. The monoisotopic (exact) mass is 370 g/mol. The number of hydrogen-bond acceptors (Lipinski definition) is 6. The Morgan fingerprint density at radius 1 is 1.11 bits per heavy atom. The van der Waals surface area contributed by atoms with Crippen LogP contribution < -0.4 is 15.4 Å². The van der Waals surface area contributed by atoms with E-state index in [1.165, 1.54) is 6.20 Å². The second-order valence-corrected chi connectivity index (χ2v) is 7.69. The summed E-state index contributed by atoms with van der Waals surface area (Å²) in [4.78, 5) is 36.0. The lowest BCUT2D eigenvalue weighted by molar-refractivity contribution is -0.117. The van der Waals surface area contributed by atoms with Crippen LogP contribution in [0.25, 0.3) is 11.0 Å². The molecule has 0 radical (unpaired) electrons. The summed E-state index contributed by atoms with van der Waals surface area (Å²) in [6, 6.07) is 0. The Morgan fingerprint density at radius 3 is 2.52 bits per heavy atom. The molecule has 1 aliphatic rings. The molecule has 27 heavy (non-hydrogen) atoms. The number of anilines is 2. The van der Waals surface area contributed by atoms with Gasteiger partial charge in [0.1, 0.15) is 11.9 Å². The van der Waals surface area contributed by atoms with Crippen molar-refractivity contribution < 1.29 is 4.79 Å². The van der Waals surface area contributed by atoms with Crippen molar-refractivity contribution in [2.45, 2.75) is 26.3 Å². The first-order chi connectivity index (χ1) is 12.7. The molecule has 1 amide bonds. The number of nitrogens with one attached hydrogen (secondary N) is 1. The Morgan fingerprint density at radius 2 is 1.89 bits per heavy atom. The largest absolute Gasteiger partial charge is 0.331 e. The minimum Gasteiger partial charge on any atom is -0.331 e. The van der Waals surface area contributed by atoms with Crippen molar-refractivity contribution in [2.24, 2.45) is 7.05 Å². The fourth-order valence-electron chi connectivity index (χ4n) is 3.22. The number of nitrogens with zero attached hydrogens (tertiary/aromatic N) is 7. The van der Waals surface area contributed by atoms with E-state index in [0.29, 0.717) is 30.1 Å². The zero-order chi connectivity index (χ0) is 19.3.